The highest BCUT2D eigenvalue weighted by Crippen LogP contribution is 1.82. The summed E-state index contributed by atoms with van der Waals surface area (Å²) in [6, 6.07) is 1.25. The Morgan fingerprint density at radius 1 is 0.524 bits per heavy atom. The van der Waals surface area contributed by atoms with E-state index < -0.39 is 0 Å². The molecule has 1 fully saturated rings. The number of hydrogen-bond donors (Lipinski definition) is 3. The van der Waals surface area contributed by atoms with Crippen LogP contribution in [0.3, 0.4) is 0 Å². The molecule has 0 atom stereocenters. The summed E-state index contributed by atoms with van der Waals surface area (Å²) in [5.41, 5.74) is 0. The second kappa shape index (κ2) is 19.9. The SMILES string of the molecule is C1CNCCN1.CC(C)C.CC(C)C.CC(C)NC(C)C. The molecule has 0 unspecified atom stereocenters. The highest BCUT2D eigenvalue weighted by atomic mass is 15.0. The fourth-order valence-electron chi connectivity index (χ4n) is 1.27. The van der Waals surface area contributed by atoms with Crippen molar-refractivity contribution in [1.82, 2.24) is 16.0 Å². The van der Waals surface area contributed by atoms with Crippen LogP contribution in [0.15, 0.2) is 0 Å². The lowest BCUT2D eigenvalue weighted by atomic mass is 10.3. The van der Waals surface area contributed by atoms with E-state index in [0.29, 0.717) is 12.1 Å². The van der Waals surface area contributed by atoms with Gasteiger partial charge in [0, 0.05) is 38.3 Å². The van der Waals surface area contributed by atoms with E-state index in [9.17, 15) is 0 Å². The Labute approximate surface area is 136 Å². The Hall–Kier alpha value is -0.120. The van der Waals surface area contributed by atoms with Crippen molar-refractivity contribution in [2.24, 2.45) is 11.8 Å². The monoisotopic (exact) mass is 303 g/mol. The molecular weight excluding hydrogens is 258 g/mol. The standard InChI is InChI=1S/C6H15N.C4H10N2.2C4H10/c1-5(2)7-6(3)4;1-2-6-4-3-5-1;2*1-4(2)3/h5-7H,1-4H3;5-6H,1-4H2;2*4H,1-3H3. The minimum atomic E-state index is 0.625. The fraction of sp³-hybridized carbons (Fsp3) is 1.00. The fourth-order valence-corrected chi connectivity index (χ4v) is 1.27. The van der Waals surface area contributed by atoms with Crippen molar-refractivity contribution < 1.29 is 0 Å². The van der Waals surface area contributed by atoms with Gasteiger partial charge in [-0.15, -0.1) is 0 Å². The lowest BCUT2D eigenvalue weighted by molar-refractivity contribution is 0.518. The van der Waals surface area contributed by atoms with Crippen LogP contribution in [-0.4, -0.2) is 38.3 Å². The number of nitrogens with one attached hydrogen (secondary N) is 3. The molecule has 0 bridgehead atoms. The van der Waals surface area contributed by atoms with E-state index in [0.717, 1.165) is 38.0 Å². The van der Waals surface area contributed by atoms with Crippen molar-refractivity contribution in [3.63, 3.8) is 0 Å². The van der Waals surface area contributed by atoms with Gasteiger partial charge in [-0.1, -0.05) is 69.2 Å². The van der Waals surface area contributed by atoms with Crippen LogP contribution in [0.2, 0.25) is 0 Å². The van der Waals surface area contributed by atoms with E-state index in [2.05, 4.69) is 85.2 Å². The molecule has 1 aliphatic rings. The van der Waals surface area contributed by atoms with E-state index in [1.807, 2.05) is 0 Å². The molecule has 1 aliphatic heterocycles. The van der Waals surface area contributed by atoms with Gasteiger partial charge in [0.1, 0.15) is 0 Å². The highest BCUT2D eigenvalue weighted by Gasteiger charge is 1.92. The van der Waals surface area contributed by atoms with Crippen molar-refractivity contribution >= 4 is 0 Å². The van der Waals surface area contributed by atoms with Gasteiger partial charge in [-0.25, -0.2) is 0 Å². The minimum absolute atomic E-state index is 0.625. The zero-order chi connectivity index (χ0) is 17.3. The molecule has 0 aliphatic carbocycles. The summed E-state index contributed by atoms with van der Waals surface area (Å²) in [6.07, 6.45) is 0. The normalized spacial score (nSPS) is 14.0. The van der Waals surface area contributed by atoms with E-state index in [1.54, 1.807) is 0 Å². The topological polar surface area (TPSA) is 36.1 Å². The van der Waals surface area contributed by atoms with Crippen LogP contribution >= 0.6 is 0 Å². The molecule has 3 N–H and O–H groups in total. The van der Waals surface area contributed by atoms with Crippen LogP contribution in [0.4, 0.5) is 0 Å². The number of hydrogen-bond acceptors (Lipinski definition) is 3. The molecule has 1 heterocycles. The molecule has 3 nitrogen and oxygen atoms in total. The quantitative estimate of drug-likeness (QED) is 0.724. The van der Waals surface area contributed by atoms with Gasteiger partial charge < -0.3 is 16.0 Å². The third kappa shape index (κ3) is 65.1. The van der Waals surface area contributed by atoms with Crippen LogP contribution in [0, 0.1) is 11.8 Å². The minimum Gasteiger partial charge on any atom is -0.314 e. The van der Waals surface area contributed by atoms with Crippen LogP contribution in [0.5, 0.6) is 0 Å². The van der Waals surface area contributed by atoms with Crippen molar-refractivity contribution in [3.8, 4) is 0 Å². The molecule has 0 radical (unpaired) electrons. The Morgan fingerprint density at radius 2 is 0.714 bits per heavy atom. The predicted octanol–water partition coefficient (Wildman–Crippen LogP) is 3.90. The van der Waals surface area contributed by atoms with Crippen molar-refractivity contribution in [1.29, 1.82) is 0 Å². The first kappa shape index (κ1) is 25.8. The van der Waals surface area contributed by atoms with Crippen LogP contribution in [-0.2, 0) is 0 Å². The average Bonchev–Trinajstić information content (AvgIpc) is 2.28. The molecule has 0 amide bonds. The molecule has 132 valence electrons. The second-order valence-corrected chi connectivity index (χ2v) is 7.44. The summed E-state index contributed by atoms with van der Waals surface area (Å²) in [5, 5.41) is 9.75. The smallest absolute Gasteiger partial charge is 0.00772 e. The predicted molar refractivity (Wildman–Crippen MR) is 100 cm³/mol. The first-order valence-corrected chi connectivity index (χ1v) is 8.77. The zero-order valence-corrected chi connectivity index (χ0v) is 16.6. The molecule has 0 aromatic rings. The Kier molecular flexibility index (Phi) is 24.4. The molecule has 0 aromatic carbocycles. The van der Waals surface area contributed by atoms with Crippen molar-refractivity contribution in [2.45, 2.75) is 81.3 Å². The third-order valence-corrected chi connectivity index (χ3v) is 1.62. The lowest BCUT2D eigenvalue weighted by Crippen LogP contribution is -2.39. The van der Waals surface area contributed by atoms with Crippen molar-refractivity contribution in [3.05, 3.63) is 0 Å². The van der Waals surface area contributed by atoms with Gasteiger partial charge in [0.15, 0.2) is 0 Å². The molecule has 0 aromatic heterocycles. The lowest BCUT2D eigenvalue weighted by Gasteiger charge is -2.11. The molecule has 1 saturated heterocycles. The molecular formula is C18H45N3. The summed E-state index contributed by atoms with van der Waals surface area (Å²) in [4.78, 5) is 0. The summed E-state index contributed by atoms with van der Waals surface area (Å²) < 4.78 is 0. The van der Waals surface area contributed by atoms with E-state index in [-0.39, 0.29) is 0 Å². The largest absolute Gasteiger partial charge is 0.314 e. The van der Waals surface area contributed by atoms with Crippen LogP contribution in [0.1, 0.15) is 69.2 Å². The van der Waals surface area contributed by atoms with Crippen molar-refractivity contribution in [2.75, 3.05) is 26.2 Å². The Morgan fingerprint density at radius 3 is 0.762 bits per heavy atom. The van der Waals surface area contributed by atoms with Gasteiger partial charge in [-0.05, 0) is 11.8 Å². The number of rotatable bonds is 2. The molecule has 21 heavy (non-hydrogen) atoms. The maximum atomic E-state index is 3.31. The van der Waals surface area contributed by atoms with Gasteiger partial charge in [0.2, 0.25) is 0 Å². The third-order valence-electron chi connectivity index (χ3n) is 1.62. The molecule has 3 heteroatoms. The number of piperazine rings is 1. The maximum absolute atomic E-state index is 3.31. The first-order valence-electron chi connectivity index (χ1n) is 8.77. The average molecular weight is 304 g/mol. The second-order valence-electron chi connectivity index (χ2n) is 7.44. The van der Waals surface area contributed by atoms with Crippen LogP contribution < -0.4 is 16.0 Å². The first-order chi connectivity index (χ1) is 9.59. The van der Waals surface area contributed by atoms with Crippen LogP contribution in [0.25, 0.3) is 0 Å². The zero-order valence-electron chi connectivity index (χ0n) is 16.6. The maximum Gasteiger partial charge on any atom is 0.00772 e. The van der Waals surface area contributed by atoms with Gasteiger partial charge in [0.25, 0.3) is 0 Å². The van der Waals surface area contributed by atoms with E-state index >= 15 is 0 Å². The van der Waals surface area contributed by atoms with Gasteiger partial charge in [-0.2, -0.15) is 0 Å². The van der Waals surface area contributed by atoms with E-state index in [4.69, 9.17) is 0 Å². The Bertz CT molecular complexity index is 133. The summed E-state index contributed by atoms with van der Waals surface area (Å²) in [7, 11) is 0. The molecule has 0 spiro atoms. The van der Waals surface area contributed by atoms with E-state index in [1.165, 1.54) is 0 Å². The highest BCUT2D eigenvalue weighted by molar-refractivity contribution is 4.59. The van der Waals surface area contributed by atoms with Gasteiger partial charge >= 0.3 is 0 Å². The summed E-state index contributed by atoms with van der Waals surface area (Å²) in [6.45, 7) is 26.2. The molecule has 1 rings (SSSR count). The summed E-state index contributed by atoms with van der Waals surface area (Å²) >= 11 is 0. The van der Waals surface area contributed by atoms with Gasteiger partial charge in [0.05, 0.1) is 0 Å². The molecule has 0 saturated carbocycles. The summed E-state index contributed by atoms with van der Waals surface area (Å²) in [5.74, 6) is 1.67. The Balaban J connectivity index is -0.000000213. The van der Waals surface area contributed by atoms with Gasteiger partial charge in [-0.3, -0.25) is 0 Å².